The number of carbonyl (C=O) groups is 1. The molecule has 110 valence electrons. The van der Waals surface area contributed by atoms with Gasteiger partial charge in [-0.3, -0.25) is 0 Å². The quantitative estimate of drug-likeness (QED) is 0.845. The first-order valence-corrected chi connectivity index (χ1v) is 7.06. The molecule has 0 spiro atoms. The number of nitrogens with zero attached hydrogens (tertiary/aromatic N) is 2. The smallest absolute Gasteiger partial charge is 0.317 e. The maximum atomic E-state index is 11.9. The summed E-state index contributed by atoms with van der Waals surface area (Å²) in [4.78, 5) is 16.0. The predicted molar refractivity (Wildman–Crippen MR) is 79.1 cm³/mol. The number of rotatable bonds is 4. The number of piperazine rings is 1. The van der Waals surface area contributed by atoms with E-state index in [1.54, 1.807) is 0 Å². The van der Waals surface area contributed by atoms with Crippen molar-refractivity contribution >= 4 is 6.03 Å². The van der Waals surface area contributed by atoms with Gasteiger partial charge in [0.05, 0.1) is 6.54 Å². The van der Waals surface area contributed by atoms with Crippen LogP contribution in [0.1, 0.15) is 5.56 Å². The number of carbonyl (C=O) groups excluding carboxylic acids is 1. The van der Waals surface area contributed by atoms with Crippen molar-refractivity contribution in [2.45, 2.75) is 6.92 Å². The first-order chi connectivity index (χ1) is 9.66. The Bertz CT molecular complexity index is 442. The average Bonchev–Trinajstić information content (AvgIpc) is 2.46. The lowest BCUT2D eigenvalue weighted by Crippen LogP contribution is -2.51. The van der Waals surface area contributed by atoms with Crippen molar-refractivity contribution in [2.75, 3.05) is 46.4 Å². The number of urea groups is 1. The Morgan fingerprint density at radius 3 is 2.65 bits per heavy atom. The predicted octanol–water partition coefficient (Wildman–Crippen LogP) is 1.33. The Hall–Kier alpha value is -1.75. The van der Waals surface area contributed by atoms with Gasteiger partial charge >= 0.3 is 6.03 Å². The van der Waals surface area contributed by atoms with Gasteiger partial charge in [0, 0.05) is 26.2 Å². The van der Waals surface area contributed by atoms with Gasteiger partial charge in [-0.2, -0.15) is 0 Å². The van der Waals surface area contributed by atoms with Gasteiger partial charge in [-0.05, 0) is 25.6 Å². The van der Waals surface area contributed by atoms with Gasteiger partial charge in [-0.25, -0.2) is 4.79 Å². The molecule has 1 saturated heterocycles. The van der Waals surface area contributed by atoms with Crippen molar-refractivity contribution in [3.8, 4) is 5.75 Å². The van der Waals surface area contributed by atoms with Crippen LogP contribution in [0.25, 0.3) is 0 Å². The number of para-hydroxylation sites is 1. The highest BCUT2D eigenvalue weighted by molar-refractivity contribution is 5.74. The SMILES string of the molecule is Cc1ccccc1OCCNC(=O)N1CCN(C)CC1. The number of hydrogen-bond donors (Lipinski definition) is 1. The molecule has 1 fully saturated rings. The van der Waals surface area contributed by atoms with Crippen molar-refractivity contribution in [1.29, 1.82) is 0 Å². The topological polar surface area (TPSA) is 44.8 Å². The Kier molecular flexibility index (Phi) is 5.24. The van der Waals surface area contributed by atoms with Crippen molar-refractivity contribution in [3.05, 3.63) is 29.8 Å². The molecule has 5 nitrogen and oxygen atoms in total. The summed E-state index contributed by atoms with van der Waals surface area (Å²) in [6.07, 6.45) is 0. The fraction of sp³-hybridized carbons (Fsp3) is 0.533. The van der Waals surface area contributed by atoms with Crippen LogP contribution in [-0.2, 0) is 0 Å². The van der Waals surface area contributed by atoms with E-state index < -0.39 is 0 Å². The third kappa shape index (κ3) is 4.13. The monoisotopic (exact) mass is 277 g/mol. The van der Waals surface area contributed by atoms with E-state index in [0.29, 0.717) is 13.2 Å². The summed E-state index contributed by atoms with van der Waals surface area (Å²) in [6.45, 7) is 6.49. The molecule has 1 aromatic rings. The van der Waals surface area contributed by atoms with Gasteiger partial charge in [-0.1, -0.05) is 18.2 Å². The molecule has 0 saturated carbocycles. The lowest BCUT2D eigenvalue weighted by Gasteiger charge is -2.32. The van der Waals surface area contributed by atoms with Crippen molar-refractivity contribution in [3.63, 3.8) is 0 Å². The lowest BCUT2D eigenvalue weighted by molar-refractivity contribution is 0.153. The van der Waals surface area contributed by atoms with Crippen molar-refractivity contribution < 1.29 is 9.53 Å². The number of ether oxygens (including phenoxy) is 1. The van der Waals surface area contributed by atoms with Crippen LogP contribution in [0.2, 0.25) is 0 Å². The minimum atomic E-state index is 0.00600. The van der Waals surface area contributed by atoms with E-state index in [1.807, 2.05) is 36.1 Å². The largest absolute Gasteiger partial charge is 0.491 e. The maximum absolute atomic E-state index is 11.9. The van der Waals surface area contributed by atoms with Crippen LogP contribution in [0, 0.1) is 6.92 Å². The fourth-order valence-corrected chi connectivity index (χ4v) is 2.16. The van der Waals surface area contributed by atoms with Crippen LogP contribution < -0.4 is 10.1 Å². The van der Waals surface area contributed by atoms with E-state index >= 15 is 0 Å². The number of benzene rings is 1. The van der Waals surface area contributed by atoms with Crippen molar-refractivity contribution in [1.82, 2.24) is 15.1 Å². The molecule has 1 aliphatic heterocycles. The summed E-state index contributed by atoms with van der Waals surface area (Å²) >= 11 is 0. The van der Waals surface area contributed by atoms with Crippen LogP contribution in [0.3, 0.4) is 0 Å². The highest BCUT2D eigenvalue weighted by Gasteiger charge is 2.18. The summed E-state index contributed by atoms with van der Waals surface area (Å²) in [5.41, 5.74) is 1.11. The van der Waals surface area contributed by atoms with Gasteiger partial charge < -0.3 is 19.9 Å². The minimum Gasteiger partial charge on any atom is -0.491 e. The molecule has 20 heavy (non-hydrogen) atoms. The van der Waals surface area contributed by atoms with Crippen LogP contribution in [-0.4, -0.2) is 62.2 Å². The Labute approximate surface area is 120 Å². The molecule has 2 amide bonds. The molecule has 1 N–H and O–H groups in total. The highest BCUT2D eigenvalue weighted by Crippen LogP contribution is 2.15. The number of nitrogens with one attached hydrogen (secondary N) is 1. The number of likely N-dealkylation sites (N-methyl/N-ethyl adjacent to an activating group) is 1. The van der Waals surface area contributed by atoms with Gasteiger partial charge in [0.1, 0.15) is 12.4 Å². The van der Waals surface area contributed by atoms with E-state index in [2.05, 4.69) is 17.3 Å². The molecular weight excluding hydrogens is 254 g/mol. The molecule has 2 rings (SSSR count). The summed E-state index contributed by atoms with van der Waals surface area (Å²) in [5, 5.41) is 2.90. The summed E-state index contributed by atoms with van der Waals surface area (Å²) in [7, 11) is 2.07. The Morgan fingerprint density at radius 2 is 1.95 bits per heavy atom. The average molecular weight is 277 g/mol. The first-order valence-electron chi connectivity index (χ1n) is 7.06. The summed E-state index contributed by atoms with van der Waals surface area (Å²) in [6, 6.07) is 7.89. The maximum Gasteiger partial charge on any atom is 0.317 e. The molecule has 1 aliphatic rings. The number of aryl methyl sites for hydroxylation is 1. The number of amides is 2. The van der Waals surface area contributed by atoms with Crippen LogP contribution in [0.15, 0.2) is 24.3 Å². The van der Waals surface area contributed by atoms with E-state index in [0.717, 1.165) is 37.5 Å². The molecule has 0 radical (unpaired) electrons. The fourth-order valence-electron chi connectivity index (χ4n) is 2.16. The minimum absolute atomic E-state index is 0.00600. The molecule has 0 bridgehead atoms. The molecular formula is C15H23N3O2. The molecule has 1 heterocycles. The molecule has 0 aromatic heterocycles. The van der Waals surface area contributed by atoms with E-state index in [9.17, 15) is 4.79 Å². The second-order valence-corrected chi connectivity index (χ2v) is 5.14. The van der Waals surface area contributed by atoms with Gasteiger partial charge in [-0.15, -0.1) is 0 Å². The zero-order valence-electron chi connectivity index (χ0n) is 12.3. The lowest BCUT2D eigenvalue weighted by atomic mass is 10.2. The van der Waals surface area contributed by atoms with Gasteiger partial charge in [0.25, 0.3) is 0 Å². The zero-order chi connectivity index (χ0) is 14.4. The molecule has 0 aliphatic carbocycles. The molecule has 0 atom stereocenters. The van der Waals surface area contributed by atoms with Crippen molar-refractivity contribution in [2.24, 2.45) is 0 Å². The Morgan fingerprint density at radius 1 is 1.25 bits per heavy atom. The van der Waals surface area contributed by atoms with Crippen LogP contribution >= 0.6 is 0 Å². The van der Waals surface area contributed by atoms with E-state index in [-0.39, 0.29) is 6.03 Å². The molecule has 5 heteroatoms. The Balaban J connectivity index is 1.66. The summed E-state index contributed by atoms with van der Waals surface area (Å²) in [5.74, 6) is 0.876. The standard InChI is InChI=1S/C15H23N3O2/c1-13-5-3-4-6-14(13)20-12-7-16-15(19)18-10-8-17(2)9-11-18/h3-6H,7-12H2,1-2H3,(H,16,19). The van der Waals surface area contributed by atoms with E-state index in [4.69, 9.17) is 4.74 Å². The first kappa shape index (κ1) is 14.7. The normalized spacial score (nSPS) is 16.0. The second kappa shape index (κ2) is 7.14. The highest BCUT2D eigenvalue weighted by atomic mass is 16.5. The molecule has 1 aromatic carbocycles. The zero-order valence-corrected chi connectivity index (χ0v) is 12.3. The second-order valence-electron chi connectivity index (χ2n) is 5.14. The third-order valence-corrected chi connectivity index (χ3v) is 3.52. The van der Waals surface area contributed by atoms with Gasteiger partial charge in [0.2, 0.25) is 0 Å². The number of hydrogen-bond acceptors (Lipinski definition) is 3. The van der Waals surface area contributed by atoms with Crippen LogP contribution in [0.5, 0.6) is 5.75 Å². The van der Waals surface area contributed by atoms with Gasteiger partial charge in [0.15, 0.2) is 0 Å². The van der Waals surface area contributed by atoms with E-state index in [1.165, 1.54) is 0 Å². The van der Waals surface area contributed by atoms with Crippen LogP contribution in [0.4, 0.5) is 4.79 Å². The molecule has 0 unspecified atom stereocenters. The summed E-state index contributed by atoms with van der Waals surface area (Å²) < 4.78 is 5.65. The third-order valence-electron chi connectivity index (χ3n) is 3.52.